The van der Waals surface area contributed by atoms with Gasteiger partial charge in [0.05, 0.1) is 5.69 Å². The lowest BCUT2D eigenvalue weighted by molar-refractivity contribution is -0.118. The van der Waals surface area contributed by atoms with Gasteiger partial charge in [-0.15, -0.1) is 11.3 Å². The highest BCUT2D eigenvalue weighted by atomic mass is 32.1. The van der Waals surface area contributed by atoms with Crippen LogP contribution in [0, 0.1) is 12.8 Å². The first-order valence-electron chi connectivity index (χ1n) is 7.13. The van der Waals surface area contributed by atoms with Crippen LogP contribution in [0.3, 0.4) is 0 Å². The molecule has 0 saturated carbocycles. The second-order valence-electron chi connectivity index (χ2n) is 5.18. The molecule has 0 radical (unpaired) electrons. The van der Waals surface area contributed by atoms with Crippen molar-refractivity contribution >= 4 is 28.1 Å². The molecule has 0 spiro atoms. The van der Waals surface area contributed by atoms with E-state index in [1.54, 1.807) is 11.3 Å². The van der Waals surface area contributed by atoms with Crippen LogP contribution in [-0.2, 0) is 4.79 Å². The summed E-state index contributed by atoms with van der Waals surface area (Å²) in [6, 6.07) is 7.82. The summed E-state index contributed by atoms with van der Waals surface area (Å²) in [5.41, 5.74) is 2.88. The first kappa shape index (κ1) is 15.5. The Labute approximate surface area is 129 Å². The van der Waals surface area contributed by atoms with Crippen molar-refractivity contribution in [3.8, 4) is 11.3 Å². The van der Waals surface area contributed by atoms with E-state index >= 15 is 0 Å². The van der Waals surface area contributed by atoms with Crippen molar-refractivity contribution in [3.63, 3.8) is 0 Å². The predicted octanol–water partition coefficient (Wildman–Crippen LogP) is 4.14. The average molecular weight is 303 g/mol. The zero-order valence-corrected chi connectivity index (χ0v) is 13.7. The van der Waals surface area contributed by atoms with Crippen molar-refractivity contribution in [1.82, 2.24) is 4.98 Å². The van der Waals surface area contributed by atoms with Gasteiger partial charge in [0.25, 0.3) is 0 Å². The third kappa shape index (κ3) is 3.82. The van der Waals surface area contributed by atoms with E-state index in [-0.39, 0.29) is 11.8 Å². The van der Waals surface area contributed by atoms with E-state index < -0.39 is 0 Å². The fraction of sp³-hybridized carbons (Fsp3) is 0.375. The Morgan fingerprint density at radius 3 is 2.52 bits per heavy atom. The number of carbonyl (C=O) groups is 1. The van der Waals surface area contributed by atoms with Gasteiger partial charge < -0.3 is 10.6 Å². The maximum Gasteiger partial charge on any atom is 0.226 e. The first-order chi connectivity index (χ1) is 10.0. The maximum atomic E-state index is 11.7. The number of rotatable bonds is 5. The summed E-state index contributed by atoms with van der Waals surface area (Å²) in [7, 11) is 0. The topological polar surface area (TPSA) is 54.0 Å². The fourth-order valence-corrected chi connectivity index (χ4v) is 2.79. The summed E-state index contributed by atoms with van der Waals surface area (Å²) >= 11 is 1.66. The Balaban J connectivity index is 2.17. The van der Waals surface area contributed by atoms with E-state index in [2.05, 4.69) is 29.5 Å². The monoisotopic (exact) mass is 303 g/mol. The number of hydrogen-bond donors (Lipinski definition) is 2. The van der Waals surface area contributed by atoms with Crippen molar-refractivity contribution < 1.29 is 4.79 Å². The minimum atomic E-state index is -0.0202. The molecular weight excluding hydrogens is 282 g/mol. The van der Waals surface area contributed by atoms with Gasteiger partial charge in [-0.1, -0.05) is 26.0 Å². The molecule has 0 atom stereocenters. The van der Waals surface area contributed by atoms with Crippen LogP contribution in [0.15, 0.2) is 24.3 Å². The molecule has 112 valence electrons. The van der Waals surface area contributed by atoms with Gasteiger partial charge in [-0.3, -0.25) is 4.79 Å². The number of thiazole rings is 1. The Bertz CT molecular complexity index is 617. The van der Waals surface area contributed by atoms with E-state index in [9.17, 15) is 4.79 Å². The summed E-state index contributed by atoms with van der Waals surface area (Å²) in [4.78, 5) is 17.5. The highest BCUT2D eigenvalue weighted by Crippen LogP contribution is 2.30. The predicted molar refractivity (Wildman–Crippen MR) is 89.9 cm³/mol. The third-order valence-corrected chi connectivity index (χ3v) is 4.00. The van der Waals surface area contributed by atoms with Gasteiger partial charge in [0.15, 0.2) is 5.13 Å². The number of anilines is 2. The van der Waals surface area contributed by atoms with Gasteiger partial charge in [0.1, 0.15) is 0 Å². The lowest BCUT2D eigenvalue weighted by Crippen LogP contribution is -2.17. The summed E-state index contributed by atoms with van der Waals surface area (Å²) in [6.07, 6.45) is 0. The van der Waals surface area contributed by atoms with E-state index in [4.69, 9.17) is 0 Å². The second-order valence-corrected chi connectivity index (χ2v) is 6.38. The second kappa shape index (κ2) is 6.72. The number of aromatic nitrogens is 1. The summed E-state index contributed by atoms with van der Waals surface area (Å²) in [5.74, 6) is 0.00941. The molecule has 0 aliphatic carbocycles. The molecule has 1 heterocycles. The van der Waals surface area contributed by atoms with Crippen LogP contribution in [0.25, 0.3) is 11.3 Å². The molecule has 1 aromatic carbocycles. The van der Waals surface area contributed by atoms with Crippen LogP contribution < -0.4 is 10.6 Å². The molecule has 0 saturated heterocycles. The number of aryl methyl sites for hydroxylation is 1. The van der Waals surface area contributed by atoms with Crippen LogP contribution in [0.1, 0.15) is 25.6 Å². The lowest BCUT2D eigenvalue weighted by Gasteiger charge is -2.08. The van der Waals surface area contributed by atoms with Crippen molar-refractivity contribution in [2.75, 3.05) is 17.2 Å². The van der Waals surface area contributed by atoms with Gasteiger partial charge in [-0.2, -0.15) is 0 Å². The quantitative estimate of drug-likeness (QED) is 0.872. The molecule has 0 aliphatic rings. The number of benzene rings is 1. The van der Waals surface area contributed by atoms with E-state index in [0.717, 1.165) is 28.6 Å². The van der Waals surface area contributed by atoms with Crippen molar-refractivity contribution in [3.05, 3.63) is 29.1 Å². The number of hydrogen-bond acceptors (Lipinski definition) is 4. The zero-order valence-electron chi connectivity index (χ0n) is 12.9. The van der Waals surface area contributed by atoms with Crippen LogP contribution in [-0.4, -0.2) is 17.4 Å². The average Bonchev–Trinajstić information content (AvgIpc) is 2.81. The standard InChI is InChI=1S/C16H21N3OS/c1-5-17-16-19-14(11(4)21-16)12-6-8-13(9-7-12)18-15(20)10(2)3/h6-10H,5H2,1-4H3,(H,17,19)(H,18,20). The van der Waals surface area contributed by atoms with Gasteiger partial charge >= 0.3 is 0 Å². The van der Waals surface area contributed by atoms with Gasteiger partial charge in [-0.05, 0) is 26.0 Å². The van der Waals surface area contributed by atoms with Crippen molar-refractivity contribution in [2.45, 2.75) is 27.7 Å². The Hall–Kier alpha value is -1.88. The molecular formula is C16H21N3OS. The SMILES string of the molecule is CCNc1nc(-c2ccc(NC(=O)C(C)C)cc2)c(C)s1. The summed E-state index contributed by atoms with van der Waals surface area (Å²) in [6.45, 7) is 8.76. The number of amides is 1. The molecule has 4 nitrogen and oxygen atoms in total. The van der Waals surface area contributed by atoms with Gasteiger partial charge in [-0.25, -0.2) is 4.98 Å². The molecule has 0 unspecified atom stereocenters. The molecule has 2 rings (SSSR count). The Morgan fingerprint density at radius 2 is 1.95 bits per heavy atom. The van der Waals surface area contributed by atoms with Crippen LogP contribution in [0.2, 0.25) is 0 Å². The number of nitrogens with one attached hydrogen (secondary N) is 2. The normalized spacial score (nSPS) is 10.7. The molecule has 5 heteroatoms. The molecule has 0 aliphatic heterocycles. The zero-order chi connectivity index (χ0) is 15.4. The fourth-order valence-electron chi connectivity index (χ4n) is 1.89. The summed E-state index contributed by atoms with van der Waals surface area (Å²) < 4.78 is 0. The van der Waals surface area contributed by atoms with E-state index in [1.165, 1.54) is 4.88 Å². The number of nitrogens with zero attached hydrogens (tertiary/aromatic N) is 1. The lowest BCUT2D eigenvalue weighted by atomic mass is 10.1. The largest absolute Gasteiger partial charge is 0.362 e. The first-order valence-corrected chi connectivity index (χ1v) is 7.95. The number of carbonyl (C=O) groups excluding carboxylic acids is 1. The molecule has 0 bridgehead atoms. The third-order valence-electron chi connectivity index (χ3n) is 3.07. The highest BCUT2D eigenvalue weighted by Gasteiger charge is 2.10. The molecule has 1 amide bonds. The molecule has 2 N–H and O–H groups in total. The van der Waals surface area contributed by atoms with Crippen LogP contribution >= 0.6 is 11.3 Å². The van der Waals surface area contributed by atoms with Gasteiger partial charge in [0, 0.05) is 28.6 Å². The smallest absolute Gasteiger partial charge is 0.226 e. The molecule has 0 fully saturated rings. The van der Waals surface area contributed by atoms with Gasteiger partial charge in [0.2, 0.25) is 5.91 Å². The highest BCUT2D eigenvalue weighted by molar-refractivity contribution is 7.16. The maximum absolute atomic E-state index is 11.7. The molecule has 1 aromatic heterocycles. The molecule has 21 heavy (non-hydrogen) atoms. The summed E-state index contributed by atoms with van der Waals surface area (Å²) in [5, 5.41) is 7.08. The van der Waals surface area contributed by atoms with Crippen molar-refractivity contribution in [1.29, 1.82) is 0 Å². The Kier molecular flexibility index (Phi) is 4.96. The Morgan fingerprint density at radius 1 is 1.29 bits per heavy atom. The van der Waals surface area contributed by atoms with Crippen LogP contribution in [0.4, 0.5) is 10.8 Å². The van der Waals surface area contributed by atoms with E-state index in [1.807, 2.05) is 38.1 Å². The minimum Gasteiger partial charge on any atom is -0.362 e. The molecule has 2 aromatic rings. The minimum absolute atomic E-state index is 0.0202. The van der Waals surface area contributed by atoms with E-state index in [0.29, 0.717) is 0 Å². The van der Waals surface area contributed by atoms with Crippen molar-refractivity contribution in [2.24, 2.45) is 5.92 Å². The van der Waals surface area contributed by atoms with Crippen LogP contribution in [0.5, 0.6) is 0 Å².